The molecule has 41 heavy (non-hydrogen) atoms. The van der Waals surface area contributed by atoms with Crippen LogP contribution >= 0.6 is 0 Å². The first-order valence-corrected chi connectivity index (χ1v) is 13.8. The molecule has 1 N–H and O–H groups in total. The molecule has 3 unspecified atom stereocenters. The van der Waals surface area contributed by atoms with Crippen molar-refractivity contribution < 1.29 is 37.3 Å². The largest absolute Gasteiger partial charge is 0.484 e. The monoisotopic (exact) mass is 580 g/mol. The molecule has 3 rings (SSSR count). The minimum absolute atomic E-state index is 0.0817. The van der Waals surface area contributed by atoms with E-state index in [1.54, 1.807) is 33.9 Å². The molecule has 1 aromatic rings. The summed E-state index contributed by atoms with van der Waals surface area (Å²) in [6.45, 7) is 11.2. The number of hydrazone groups is 1. The summed E-state index contributed by atoms with van der Waals surface area (Å²) in [6, 6.07) is 5.29. The number of amides is 2. The maximum atomic E-state index is 13.6. The highest BCUT2D eigenvalue weighted by molar-refractivity contribution is 5.97. The second kappa shape index (κ2) is 13.1. The van der Waals surface area contributed by atoms with E-state index in [1.165, 1.54) is 22.4 Å². The van der Waals surface area contributed by atoms with E-state index in [0.717, 1.165) is 18.9 Å². The van der Waals surface area contributed by atoms with E-state index in [0.29, 0.717) is 17.9 Å². The number of carbonyl (C=O) groups excluding carboxylic acids is 2. The Kier molecular flexibility index (Phi) is 10.2. The molecule has 0 saturated carbocycles. The highest BCUT2D eigenvalue weighted by Crippen LogP contribution is 2.28. The Hall–Kier alpha value is -3.41. The van der Waals surface area contributed by atoms with E-state index < -0.39 is 36.0 Å². The quantitative estimate of drug-likeness (QED) is 0.424. The zero-order valence-electron chi connectivity index (χ0n) is 25.1. The number of halogens is 2. The highest BCUT2D eigenvalue weighted by Gasteiger charge is 2.38. The van der Waals surface area contributed by atoms with Gasteiger partial charge in [-0.25, -0.2) is 18.6 Å². The molecule has 0 radical (unpaired) electrons. The molecule has 0 fully saturated rings. The summed E-state index contributed by atoms with van der Waals surface area (Å²) in [5.41, 5.74) is 1.86. The van der Waals surface area contributed by atoms with Crippen molar-refractivity contribution in [1.82, 2.24) is 15.2 Å². The lowest BCUT2D eigenvalue weighted by atomic mass is 10.1. The van der Waals surface area contributed by atoms with Crippen LogP contribution in [0.4, 0.5) is 13.6 Å². The molecule has 2 aliphatic heterocycles. The van der Waals surface area contributed by atoms with Crippen LogP contribution in [0.1, 0.15) is 59.1 Å². The third kappa shape index (κ3) is 9.04. The topological polar surface area (TPSA) is 102 Å². The smallest absolute Gasteiger partial charge is 0.415 e. The Bertz CT molecular complexity index is 1160. The van der Waals surface area contributed by atoms with Crippen molar-refractivity contribution in [2.24, 2.45) is 11.0 Å². The molecule has 0 saturated heterocycles. The first-order chi connectivity index (χ1) is 19.1. The Morgan fingerprint density at radius 2 is 1.95 bits per heavy atom. The molecular weight excluding hydrogens is 538 g/mol. The lowest BCUT2D eigenvalue weighted by Crippen LogP contribution is -2.51. The molecule has 2 amide bonds. The van der Waals surface area contributed by atoms with Gasteiger partial charge in [0.2, 0.25) is 5.92 Å². The normalized spacial score (nSPS) is 20.1. The predicted octanol–water partition coefficient (Wildman–Crippen LogP) is 4.81. The molecule has 1 aromatic carbocycles. The van der Waals surface area contributed by atoms with Gasteiger partial charge in [0.05, 0.1) is 19.2 Å². The van der Waals surface area contributed by atoms with Gasteiger partial charge in [-0.1, -0.05) is 26.0 Å². The summed E-state index contributed by atoms with van der Waals surface area (Å²) >= 11 is 0. The molecule has 2 aliphatic rings. The van der Waals surface area contributed by atoms with Crippen LogP contribution < -0.4 is 10.1 Å². The molecule has 10 nitrogen and oxygen atoms in total. The van der Waals surface area contributed by atoms with Crippen molar-refractivity contribution in [1.29, 1.82) is 0 Å². The van der Waals surface area contributed by atoms with Crippen LogP contribution in [0, 0.1) is 12.8 Å². The Labute approximate surface area is 240 Å². The number of hydrogen-bond acceptors (Lipinski definition) is 8. The van der Waals surface area contributed by atoms with Crippen molar-refractivity contribution in [2.75, 3.05) is 26.8 Å². The standard InChI is InChI=1S/C29H42F2N4O6/c1-9-20-10-12-22(14-18(20)2)38-17-24(36)32-21-11-13-23(35(15-21)26(37)41-28(4,5)6)25-33-34(8)27(40-25)39-16-19(3)29(7,30)31/h10,12-14,19,21,27H,9,11,15-17H2,1-8H3,(H,32,36). The molecule has 3 atom stereocenters. The number of aryl methyl sites for hydroxylation is 2. The zero-order chi connectivity index (χ0) is 30.5. The summed E-state index contributed by atoms with van der Waals surface area (Å²) in [5.74, 6) is -3.60. The van der Waals surface area contributed by atoms with Crippen LogP contribution in [0.15, 0.2) is 35.1 Å². The van der Waals surface area contributed by atoms with Crippen molar-refractivity contribution in [3.8, 4) is 5.75 Å². The van der Waals surface area contributed by atoms with Gasteiger partial charge < -0.3 is 24.3 Å². The fourth-order valence-corrected chi connectivity index (χ4v) is 4.14. The lowest BCUT2D eigenvalue weighted by molar-refractivity contribution is -0.179. The first-order valence-electron chi connectivity index (χ1n) is 13.8. The first kappa shape index (κ1) is 32.1. The second-order valence-electron chi connectivity index (χ2n) is 11.5. The molecule has 0 aromatic heterocycles. The van der Waals surface area contributed by atoms with Gasteiger partial charge in [0.15, 0.2) is 6.61 Å². The van der Waals surface area contributed by atoms with Gasteiger partial charge in [-0.3, -0.25) is 9.69 Å². The number of benzene rings is 1. The number of nitrogens with zero attached hydrogens (tertiary/aromatic N) is 3. The molecule has 0 spiro atoms. The van der Waals surface area contributed by atoms with E-state index in [4.69, 9.17) is 18.9 Å². The van der Waals surface area contributed by atoms with Crippen LogP contribution in [-0.4, -0.2) is 78.6 Å². The average Bonchev–Trinajstić information content (AvgIpc) is 3.24. The van der Waals surface area contributed by atoms with Crippen LogP contribution in [0.3, 0.4) is 0 Å². The summed E-state index contributed by atoms with van der Waals surface area (Å²) < 4.78 is 49.7. The molecular formula is C29H42F2N4O6. The summed E-state index contributed by atoms with van der Waals surface area (Å²) in [5, 5.41) is 8.58. The summed E-state index contributed by atoms with van der Waals surface area (Å²) in [6.07, 6.45) is 1.31. The van der Waals surface area contributed by atoms with Gasteiger partial charge in [-0.05, 0) is 70.7 Å². The third-order valence-electron chi connectivity index (χ3n) is 6.67. The van der Waals surface area contributed by atoms with Gasteiger partial charge in [0.25, 0.3) is 18.2 Å². The molecule has 0 bridgehead atoms. The van der Waals surface area contributed by atoms with E-state index in [9.17, 15) is 18.4 Å². The fraction of sp³-hybridized carbons (Fsp3) is 0.621. The zero-order valence-corrected chi connectivity index (χ0v) is 25.1. The van der Waals surface area contributed by atoms with Gasteiger partial charge in [-0.2, -0.15) is 0 Å². The van der Waals surface area contributed by atoms with Crippen LogP contribution in [-0.2, 0) is 25.4 Å². The van der Waals surface area contributed by atoms with Gasteiger partial charge in [-0.15, -0.1) is 5.10 Å². The average molecular weight is 581 g/mol. The van der Waals surface area contributed by atoms with Gasteiger partial charge in [0.1, 0.15) is 17.0 Å². The number of rotatable bonds is 10. The Balaban J connectivity index is 1.67. The minimum Gasteiger partial charge on any atom is -0.484 e. The number of nitrogens with one attached hydrogen (secondary N) is 1. The molecule has 2 heterocycles. The maximum Gasteiger partial charge on any atom is 0.415 e. The Morgan fingerprint density at radius 3 is 2.56 bits per heavy atom. The summed E-state index contributed by atoms with van der Waals surface area (Å²) in [4.78, 5) is 27.2. The number of hydrogen-bond donors (Lipinski definition) is 1. The number of ether oxygens (including phenoxy) is 4. The van der Waals surface area contributed by atoms with Crippen molar-refractivity contribution in [3.63, 3.8) is 0 Å². The van der Waals surface area contributed by atoms with Crippen molar-refractivity contribution in [2.45, 2.75) is 85.3 Å². The van der Waals surface area contributed by atoms with Crippen LogP contribution in [0.25, 0.3) is 0 Å². The predicted molar refractivity (Wildman–Crippen MR) is 149 cm³/mol. The molecule has 12 heteroatoms. The van der Waals surface area contributed by atoms with Crippen LogP contribution in [0.2, 0.25) is 0 Å². The van der Waals surface area contributed by atoms with Crippen molar-refractivity contribution >= 4 is 17.9 Å². The minimum atomic E-state index is -2.91. The van der Waals surface area contributed by atoms with E-state index in [1.807, 2.05) is 25.1 Å². The number of carbonyl (C=O) groups is 2. The van der Waals surface area contributed by atoms with E-state index in [-0.39, 0.29) is 31.6 Å². The van der Waals surface area contributed by atoms with Crippen molar-refractivity contribution in [3.05, 3.63) is 41.1 Å². The van der Waals surface area contributed by atoms with Gasteiger partial charge >= 0.3 is 6.09 Å². The van der Waals surface area contributed by atoms with E-state index in [2.05, 4.69) is 17.3 Å². The third-order valence-corrected chi connectivity index (χ3v) is 6.67. The summed E-state index contributed by atoms with van der Waals surface area (Å²) in [7, 11) is 1.58. The van der Waals surface area contributed by atoms with Crippen LogP contribution in [0.5, 0.6) is 5.75 Å². The lowest BCUT2D eigenvalue weighted by Gasteiger charge is -2.34. The van der Waals surface area contributed by atoms with E-state index >= 15 is 0 Å². The van der Waals surface area contributed by atoms with Gasteiger partial charge in [0, 0.05) is 13.0 Å². The fourth-order valence-electron chi connectivity index (χ4n) is 4.14. The molecule has 228 valence electrons. The highest BCUT2D eigenvalue weighted by atomic mass is 19.3. The molecule has 0 aliphatic carbocycles. The number of alkyl halides is 2. The Morgan fingerprint density at radius 1 is 1.24 bits per heavy atom. The SMILES string of the molecule is CCc1ccc(OCC(=O)NC2CC=C(C3=NN(C)C(OCC(C)C(C)(F)F)O3)N(C(=O)OC(C)(C)C)C2)cc1C. The maximum absolute atomic E-state index is 13.6. The second-order valence-corrected chi connectivity index (χ2v) is 11.5.